The van der Waals surface area contributed by atoms with Crippen molar-refractivity contribution in [3.63, 3.8) is 0 Å². The zero-order valence-corrected chi connectivity index (χ0v) is 32.2. The van der Waals surface area contributed by atoms with Gasteiger partial charge < -0.3 is 47.5 Å². The first-order chi connectivity index (χ1) is 27.3. The van der Waals surface area contributed by atoms with Crippen LogP contribution in [0, 0.1) is 0 Å². The minimum absolute atomic E-state index is 0.00968. The predicted molar refractivity (Wildman–Crippen MR) is 212 cm³/mol. The zero-order valence-electron chi connectivity index (χ0n) is 32.2. The lowest BCUT2D eigenvalue weighted by atomic mass is 9.98. The molecule has 0 saturated carbocycles. The number of allylic oxidation sites excluding steroid dienone is 1. The summed E-state index contributed by atoms with van der Waals surface area (Å²) in [7, 11) is 0. The number of nitrogens with one attached hydrogen (secondary N) is 4. The van der Waals surface area contributed by atoms with Crippen LogP contribution in [0.2, 0.25) is 0 Å². The largest absolute Gasteiger partial charge is 0.480 e. The molecule has 57 heavy (non-hydrogen) atoms. The number of guanidine groups is 1. The van der Waals surface area contributed by atoms with Crippen LogP contribution < -0.4 is 32.7 Å². The van der Waals surface area contributed by atoms with Crippen molar-refractivity contribution < 1.29 is 38.6 Å². The highest BCUT2D eigenvalue weighted by Gasteiger charge is 2.39. The van der Waals surface area contributed by atoms with Gasteiger partial charge >= 0.3 is 12.1 Å². The lowest BCUT2D eigenvalue weighted by Crippen LogP contribution is -2.58. The Morgan fingerprint density at radius 2 is 1.54 bits per heavy atom. The molecule has 16 nitrogen and oxygen atoms in total. The first kappa shape index (κ1) is 42.0. The standard InChI is InChI=1S/C41H52N8O8/c1-24(2)19-20-31-36(51)45-30(17-9-21-44-40(42)43)35(50)47-33(39(54)55)16-8-7-15-32(38(53)49-22-10-18-34(49)37(52)46-31)48-41(56)57-23-29-27-13-5-3-11-25(27)26-12-4-6-14-28(26)29/h3-8,11-14,19,29-34H,9-10,15-18,20-23H2,1-2H3,(H,45,51)(H,46,52)(H,47,50)(H,48,56)(H,54,55)(H4,42,43,44)/b8-7-/t30-,31-,32-,33-,34?/m0/s1. The molecule has 1 saturated heterocycles. The number of hydrogen-bond donors (Lipinski definition) is 7. The number of ether oxygens (including phenoxy) is 1. The molecule has 1 fully saturated rings. The third kappa shape index (κ3) is 11.0. The molecule has 0 radical (unpaired) electrons. The Morgan fingerprint density at radius 3 is 2.19 bits per heavy atom. The summed E-state index contributed by atoms with van der Waals surface area (Å²) in [5, 5.41) is 20.7. The molecule has 1 unspecified atom stereocenters. The predicted octanol–water partition coefficient (Wildman–Crippen LogP) is 2.18. The van der Waals surface area contributed by atoms with E-state index in [2.05, 4.69) is 26.3 Å². The van der Waals surface area contributed by atoms with Crippen LogP contribution in [0.5, 0.6) is 0 Å². The Hall–Kier alpha value is -6.19. The highest BCUT2D eigenvalue weighted by atomic mass is 16.5. The Balaban J connectivity index is 1.39. The van der Waals surface area contributed by atoms with Crippen molar-refractivity contribution in [2.24, 2.45) is 16.5 Å². The van der Waals surface area contributed by atoms with Crippen molar-refractivity contribution >= 4 is 41.7 Å². The quantitative estimate of drug-likeness (QED) is 0.0801. The summed E-state index contributed by atoms with van der Waals surface area (Å²) < 4.78 is 5.75. The van der Waals surface area contributed by atoms with Gasteiger partial charge in [0.15, 0.2) is 5.96 Å². The molecule has 0 aromatic heterocycles. The Morgan fingerprint density at radius 1 is 0.912 bits per heavy atom. The van der Waals surface area contributed by atoms with Crippen LogP contribution in [-0.2, 0) is 28.7 Å². The molecular formula is C41H52N8O8. The number of carbonyl (C=O) groups is 6. The summed E-state index contributed by atoms with van der Waals surface area (Å²) in [6.45, 7) is 4.06. The van der Waals surface area contributed by atoms with Gasteiger partial charge in [0.1, 0.15) is 36.8 Å². The molecule has 5 rings (SSSR count). The molecule has 1 aliphatic carbocycles. The first-order valence-corrected chi connectivity index (χ1v) is 19.2. The number of amides is 5. The number of alkyl carbamates (subject to hydrolysis) is 1. The second-order valence-corrected chi connectivity index (χ2v) is 14.6. The van der Waals surface area contributed by atoms with Gasteiger partial charge in [-0.15, -0.1) is 0 Å². The van der Waals surface area contributed by atoms with E-state index >= 15 is 0 Å². The van der Waals surface area contributed by atoms with Crippen LogP contribution in [0.3, 0.4) is 0 Å². The van der Waals surface area contributed by atoms with Gasteiger partial charge in [-0.2, -0.15) is 0 Å². The van der Waals surface area contributed by atoms with E-state index in [1.165, 1.54) is 11.0 Å². The number of aliphatic imine (C=N–C) groups is 1. The van der Waals surface area contributed by atoms with E-state index in [1.807, 2.05) is 62.4 Å². The molecule has 2 heterocycles. The lowest BCUT2D eigenvalue weighted by molar-refractivity contribution is -0.142. The van der Waals surface area contributed by atoms with Gasteiger partial charge in [0, 0.05) is 19.0 Å². The number of aliphatic carboxylic acids is 1. The molecule has 5 atom stereocenters. The topological polar surface area (TPSA) is 248 Å². The van der Waals surface area contributed by atoms with E-state index in [4.69, 9.17) is 16.2 Å². The average Bonchev–Trinajstić information content (AvgIpc) is 3.80. The minimum atomic E-state index is -1.39. The van der Waals surface area contributed by atoms with Crippen molar-refractivity contribution in [1.82, 2.24) is 26.2 Å². The number of rotatable bonds is 10. The van der Waals surface area contributed by atoms with Crippen molar-refractivity contribution in [2.45, 2.75) is 94.9 Å². The second-order valence-electron chi connectivity index (χ2n) is 14.6. The SMILES string of the molecule is CC(C)=CC[C@@H]1NC(=O)C2CCCN2C(=O)[C@@H](NC(=O)OCC2c3ccccc3-c3ccccc32)C/C=C\C[C@@H](C(=O)O)NC(=O)[C@H](CCCN=C(N)N)NC1=O. The Labute approximate surface area is 331 Å². The number of nitrogens with zero attached hydrogens (tertiary/aromatic N) is 2. The number of carbonyl (C=O) groups excluding carboxylic acids is 5. The summed E-state index contributed by atoms with van der Waals surface area (Å²) >= 11 is 0. The fourth-order valence-corrected chi connectivity index (χ4v) is 7.36. The summed E-state index contributed by atoms with van der Waals surface area (Å²) in [6, 6.07) is 9.95. The smallest absolute Gasteiger partial charge is 0.407 e. The van der Waals surface area contributed by atoms with Gasteiger partial charge in [-0.25, -0.2) is 9.59 Å². The van der Waals surface area contributed by atoms with E-state index < -0.39 is 65.9 Å². The van der Waals surface area contributed by atoms with E-state index in [-0.39, 0.29) is 63.7 Å². The van der Waals surface area contributed by atoms with Gasteiger partial charge in [-0.3, -0.25) is 24.2 Å². The maximum Gasteiger partial charge on any atom is 0.407 e. The van der Waals surface area contributed by atoms with Crippen LogP contribution in [0.15, 0.2) is 77.3 Å². The molecule has 0 spiro atoms. The number of carboxylic acid groups (broad SMARTS) is 1. The summed E-state index contributed by atoms with van der Waals surface area (Å²) in [4.78, 5) is 86.4. The van der Waals surface area contributed by atoms with Crippen molar-refractivity contribution in [3.8, 4) is 11.1 Å². The maximum absolute atomic E-state index is 14.2. The normalized spacial score (nSPS) is 23.3. The molecule has 2 aromatic rings. The second kappa shape index (κ2) is 19.6. The summed E-state index contributed by atoms with van der Waals surface area (Å²) in [5.74, 6) is -4.22. The molecule has 2 aliphatic heterocycles. The third-order valence-corrected chi connectivity index (χ3v) is 10.3. The first-order valence-electron chi connectivity index (χ1n) is 19.2. The molecule has 5 amide bonds. The monoisotopic (exact) mass is 784 g/mol. The van der Waals surface area contributed by atoms with Crippen LogP contribution in [-0.4, -0.2) is 102 Å². The molecule has 304 valence electrons. The van der Waals surface area contributed by atoms with Gasteiger partial charge in [-0.1, -0.05) is 72.3 Å². The lowest BCUT2D eigenvalue weighted by Gasteiger charge is -2.29. The number of nitrogens with two attached hydrogens (primary N) is 2. The van der Waals surface area contributed by atoms with Crippen LogP contribution in [0.4, 0.5) is 4.79 Å². The fraction of sp³-hybridized carbons (Fsp3) is 0.439. The molecule has 16 heteroatoms. The third-order valence-electron chi connectivity index (χ3n) is 10.3. The average molecular weight is 785 g/mol. The fourth-order valence-electron chi connectivity index (χ4n) is 7.36. The highest BCUT2D eigenvalue weighted by Crippen LogP contribution is 2.44. The van der Waals surface area contributed by atoms with Gasteiger partial charge in [0.25, 0.3) is 0 Å². The Bertz CT molecular complexity index is 1880. The van der Waals surface area contributed by atoms with E-state index in [0.717, 1.165) is 27.8 Å². The van der Waals surface area contributed by atoms with Gasteiger partial charge in [0.2, 0.25) is 23.6 Å². The van der Waals surface area contributed by atoms with Crippen molar-refractivity contribution in [3.05, 3.63) is 83.5 Å². The zero-order chi connectivity index (χ0) is 41.1. The van der Waals surface area contributed by atoms with E-state index in [1.54, 1.807) is 12.2 Å². The van der Waals surface area contributed by atoms with Crippen LogP contribution in [0.25, 0.3) is 11.1 Å². The number of carboxylic acids is 1. The Kier molecular flexibility index (Phi) is 14.4. The van der Waals surface area contributed by atoms with Crippen LogP contribution >= 0.6 is 0 Å². The van der Waals surface area contributed by atoms with Gasteiger partial charge in [-0.05, 0) is 81.0 Å². The molecule has 2 aromatic carbocycles. The summed E-state index contributed by atoms with van der Waals surface area (Å²) in [6.07, 6.45) is 4.96. The maximum atomic E-state index is 14.2. The molecule has 0 bridgehead atoms. The van der Waals surface area contributed by atoms with E-state index in [0.29, 0.717) is 12.8 Å². The number of hydrogen-bond acceptors (Lipinski definition) is 8. The number of benzene rings is 2. The highest BCUT2D eigenvalue weighted by molar-refractivity contribution is 5.96. The van der Waals surface area contributed by atoms with Gasteiger partial charge in [0.05, 0.1) is 0 Å². The van der Waals surface area contributed by atoms with Crippen molar-refractivity contribution in [2.75, 3.05) is 19.7 Å². The molecular weight excluding hydrogens is 732 g/mol. The van der Waals surface area contributed by atoms with Crippen molar-refractivity contribution in [1.29, 1.82) is 0 Å². The van der Waals surface area contributed by atoms with Crippen LogP contribution in [0.1, 0.15) is 75.8 Å². The summed E-state index contributed by atoms with van der Waals surface area (Å²) in [5.41, 5.74) is 15.9. The van der Waals surface area contributed by atoms with E-state index in [9.17, 15) is 33.9 Å². The number of fused-ring (bicyclic) bond motifs is 4. The minimum Gasteiger partial charge on any atom is -0.480 e. The molecule has 9 N–H and O–H groups in total. The molecule has 3 aliphatic rings.